The van der Waals surface area contributed by atoms with Gasteiger partial charge in [0.25, 0.3) is 0 Å². The largest absolute Gasteiger partial charge is 0.480 e. The van der Waals surface area contributed by atoms with Crippen molar-refractivity contribution in [2.24, 2.45) is 23.7 Å². The van der Waals surface area contributed by atoms with E-state index in [0.29, 0.717) is 11.8 Å². The van der Waals surface area contributed by atoms with Gasteiger partial charge in [0, 0.05) is 23.5 Å². The number of ether oxygens (including phenoxy) is 1. The van der Waals surface area contributed by atoms with Crippen molar-refractivity contribution in [3.05, 3.63) is 36.0 Å². The van der Waals surface area contributed by atoms with E-state index >= 15 is 0 Å². The Morgan fingerprint density at radius 2 is 1.79 bits per heavy atom. The maximum absolute atomic E-state index is 12.5. The third kappa shape index (κ3) is 3.15. The number of alkyl carbamates (subject to hydrolysis) is 1. The Hall–Kier alpha value is -2.50. The van der Waals surface area contributed by atoms with Crippen molar-refractivity contribution in [1.82, 2.24) is 10.3 Å². The summed E-state index contributed by atoms with van der Waals surface area (Å²) < 4.78 is 5.79. The Balaban J connectivity index is 1.25. The van der Waals surface area contributed by atoms with Gasteiger partial charge < -0.3 is 20.1 Å². The van der Waals surface area contributed by atoms with Crippen LogP contribution in [0.1, 0.15) is 37.7 Å². The van der Waals surface area contributed by atoms with Crippen molar-refractivity contribution in [1.29, 1.82) is 0 Å². The summed E-state index contributed by atoms with van der Waals surface area (Å²) in [5.41, 5.74) is 1.83. The highest BCUT2D eigenvalue weighted by molar-refractivity contribution is 5.85. The van der Waals surface area contributed by atoms with E-state index in [2.05, 4.69) is 10.3 Å². The van der Waals surface area contributed by atoms with E-state index in [9.17, 15) is 14.7 Å². The van der Waals surface area contributed by atoms with E-state index in [1.807, 2.05) is 30.5 Å². The lowest BCUT2D eigenvalue weighted by Gasteiger charge is -2.53. The standard InChI is InChI=1S/C22H26N2O4/c25-21(26)19(10-16-11-23-18-4-2-1-3-17(16)18)24-22(27)28-20-14-6-12-5-13(8-14)9-15(20)7-12/h1-4,11-15,19-20,23H,5-10H2,(H,24,27)(H,25,26). The van der Waals surface area contributed by atoms with E-state index in [-0.39, 0.29) is 12.5 Å². The number of para-hydroxylation sites is 1. The van der Waals surface area contributed by atoms with Crippen LogP contribution in [0.25, 0.3) is 10.9 Å². The summed E-state index contributed by atoms with van der Waals surface area (Å²) in [7, 11) is 0. The number of carboxylic acid groups (broad SMARTS) is 1. The highest BCUT2D eigenvalue weighted by Crippen LogP contribution is 2.54. The molecule has 6 nitrogen and oxygen atoms in total. The quantitative estimate of drug-likeness (QED) is 0.735. The molecule has 6 rings (SSSR count). The molecule has 1 atom stereocenters. The molecule has 4 saturated carbocycles. The number of nitrogens with one attached hydrogen (secondary N) is 2. The minimum absolute atomic E-state index is 0.0460. The second kappa shape index (κ2) is 6.83. The zero-order valence-corrected chi connectivity index (χ0v) is 15.8. The molecule has 4 aliphatic carbocycles. The monoisotopic (exact) mass is 382 g/mol. The van der Waals surface area contributed by atoms with E-state index in [1.165, 1.54) is 6.42 Å². The van der Waals surface area contributed by atoms with E-state index in [4.69, 9.17) is 4.74 Å². The number of H-pyrrole nitrogens is 1. The second-order valence-corrected chi connectivity index (χ2v) is 8.90. The fourth-order valence-electron chi connectivity index (χ4n) is 6.09. The Kier molecular flexibility index (Phi) is 4.29. The first-order valence-electron chi connectivity index (χ1n) is 10.3. The molecular formula is C22H26N2O4. The minimum Gasteiger partial charge on any atom is -0.480 e. The van der Waals surface area contributed by atoms with E-state index in [0.717, 1.165) is 54.0 Å². The summed E-state index contributed by atoms with van der Waals surface area (Å²) in [6.07, 6.45) is 7.36. The fourth-order valence-corrected chi connectivity index (χ4v) is 6.09. The van der Waals surface area contributed by atoms with Crippen LogP contribution in [0, 0.1) is 23.7 Å². The molecular weight excluding hydrogens is 356 g/mol. The number of carboxylic acids is 1. The van der Waals surface area contributed by atoms with Crippen LogP contribution >= 0.6 is 0 Å². The van der Waals surface area contributed by atoms with Crippen LogP contribution in [-0.2, 0) is 16.0 Å². The summed E-state index contributed by atoms with van der Waals surface area (Å²) in [4.78, 5) is 27.4. The number of rotatable bonds is 5. The molecule has 0 saturated heterocycles. The molecule has 3 N–H and O–H groups in total. The van der Waals surface area contributed by atoms with Gasteiger partial charge in [0.15, 0.2) is 0 Å². The predicted octanol–water partition coefficient (Wildman–Crippen LogP) is 3.71. The summed E-state index contributed by atoms with van der Waals surface area (Å²) in [6, 6.07) is 6.74. The third-order valence-corrected chi connectivity index (χ3v) is 7.07. The van der Waals surface area contributed by atoms with Gasteiger partial charge >= 0.3 is 12.1 Å². The molecule has 4 bridgehead atoms. The summed E-state index contributed by atoms with van der Waals surface area (Å²) >= 11 is 0. The topological polar surface area (TPSA) is 91.4 Å². The zero-order valence-electron chi connectivity index (χ0n) is 15.8. The van der Waals surface area contributed by atoms with Gasteiger partial charge in [0.2, 0.25) is 0 Å². The van der Waals surface area contributed by atoms with Crippen molar-refractivity contribution in [3.8, 4) is 0 Å². The lowest BCUT2D eigenvalue weighted by atomic mass is 9.55. The SMILES string of the molecule is O=C(NC(Cc1c[nH]c2ccccc12)C(=O)O)OC1C2CC3CC(C2)CC1C3. The molecule has 4 aliphatic rings. The highest BCUT2D eigenvalue weighted by Gasteiger charge is 2.50. The van der Waals surface area contributed by atoms with Crippen LogP contribution in [0.3, 0.4) is 0 Å². The van der Waals surface area contributed by atoms with Crippen LogP contribution in [0.2, 0.25) is 0 Å². The molecule has 1 amide bonds. The molecule has 1 heterocycles. The van der Waals surface area contributed by atoms with Crippen LogP contribution in [0.15, 0.2) is 30.5 Å². The van der Waals surface area contributed by atoms with Crippen LogP contribution in [0.5, 0.6) is 0 Å². The van der Waals surface area contributed by atoms with Crippen LogP contribution in [0.4, 0.5) is 4.79 Å². The number of benzene rings is 1. The van der Waals surface area contributed by atoms with Gasteiger partial charge in [0.05, 0.1) is 0 Å². The molecule has 4 fully saturated rings. The highest BCUT2D eigenvalue weighted by atomic mass is 16.6. The number of hydrogen-bond acceptors (Lipinski definition) is 3. The predicted molar refractivity (Wildman–Crippen MR) is 104 cm³/mol. The van der Waals surface area contributed by atoms with Gasteiger partial charge in [-0.15, -0.1) is 0 Å². The first-order chi connectivity index (χ1) is 13.6. The fraction of sp³-hybridized carbons (Fsp3) is 0.545. The zero-order chi connectivity index (χ0) is 19.3. The third-order valence-electron chi connectivity index (χ3n) is 7.07. The molecule has 2 aromatic rings. The summed E-state index contributed by atoms with van der Waals surface area (Å²) in [5.74, 6) is 1.48. The Labute approximate surface area is 163 Å². The van der Waals surface area contributed by atoms with Gasteiger partial charge in [0.1, 0.15) is 12.1 Å². The number of amides is 1. The number of carbonyl (C=O) groups is 2. The lowest BCUT2D eigenvalue weighted by molar-refractivity contribution is -0.139. The molecule has 0 radical (unpaired) electrons. The molecule has 1 aromatic carbocycles. The molecule has 28 heavy (non-hydrogen) atoms. The Morgan fingerprint density at radius 3 is 2.46 bits per heavy atom. The maximum atomic E-state index is 12.5. The first-order valence-corrected chi connectivity index (χ1v) is 10.3. The molecule has 1 aromatic heterocycles. The van der Waals surface area contributed by atoms with Crippen molar-refractivity contribution in [3.63, 3.8) is 0 Å². The van der Waals surface area contributed by atoms with Gasteiger partial charge in [-0.05, 0) is 67.4 Å². The van der Waals surface area contributed by atoms with E-state index in [1.54, 1.807) is 0 Å². The van der Waals surface area contributed by atoms with E-state index < -0.39 is 18.1 Å². The van der Waals surface area contributed by atoms with Gasteiger partial charge in [-0.2, -0.15) is 0 Å². The molecule has 0 aliphatic heterocycles. The van der Waals surface area contributed by atoms with Gasteiger partial charge in [-0.3, -0.25) is 0 Å². The second-order valence-electron chi connectivity index (χ2n) is 8.90. The lowest BCUT2D eigenvalue weighted by Crippen LogP contribution is -2.52. The Bertz CT molecular complexity index is 877. The molecule has 6 heteroatoms. The van der Waals surface area contributed by atoms with Crippen molar-refractivity contribution < 1.29 is 19.4 Å². The molecule has 148 valence electrons. The van der Waals surface area contributed by atoms with Gasteiger partial charge in [-0.1, -0.05) is 18.2 Å². The summed E-state index contributed by atoms with van der Waals surface area (Å²) in [5, 5.41) is 13.2. The number of hydrogen-bond donors (Lipinski definition) is 3. The number of fused-ring (bicyclic) bond motifs is 1. The average Bonchev–Trinajstić information content (AvgIpc) is 3.06. The van der Waals surface area contributed by atoms with Crippen LogP contribution < -0.4 is 5.32 Å². The number of aromatic nitrogens is 1. The molecule has 1 unspecified atom stereocenters. The first kappa shape index (κ1) is 17.6. The average molecular weight is 382 g/mol. The van der Waals surface area contributed by atoms with Gasteiger partial charge in [-0.25, -0.2) is 9.59 Å². The summed E-state index contributed by atoms with van der Waals surface area (Å²) in [6.45, 7) is 0. The van der Waals surface area contributed by atoms with Crippen molar-refractivity contribution in [2.45, 2.75) is 50.7 Å². The molecule has 0 spiro atoms. The Morgan fingerprint density at radius 1 is 1.11 bits per heavy atom. The van der Waals surface area contributed by atoms with Crippen molar-refractivity contribution >= 4 is 23.0 Å². The van der Waals surface area contributed by atoms with Crippen LogP contribution in [-0.4, -0.2) is 34.3 Å². The minimum atomic E-state index is -1.05. The smallest absolute Gasteiger partial charge is 0.408 e. The van der Waals surface area contributed by atoms with Crippen molar-refractivity contribution in [2.75, 3.05) is 0 Å². The number of aromatic amines is 1. The number of aliphatic carboxylic acids is 1. The number of carbonyl (C=O) groups excluding carboxylic acids is 1. The maximum Gasteiger partial charge on any atom is 0.408 e. The normalized spacial score (nSPS) is 31.6.